The number of fused-ring (bicyclic) bond motifs is 2. The number of aromatic amines is 2. The highest BCUT2D eigenvalue weighted by Crippen LogP contribution is 2.32. The van der Waals surface area contributed by atoms with E-state index in [-0.39, 0.29) is 5.91 Å². The van der Waals surface area contributed by atoms with Crippen LogP contribution in [0.1, 0.15) is 13.3 Å². The Morgan fingerprint density at radius 3 is 2.71 bits per heavy atom. The Kier molecular flexibility index (Phi) is 5.72. The summed E-state index contributed by atoms with van der Waals surface area (Å²) in [6, 6.07) is 11.7. The van der Waals surface area contributed by atoms with Crippen LogP contribution in [0.5, 0.6) is 5.75 Å². The summed E-state index contributed by atoms with van der Waals surface area (Å²) < 4.78 is 19.4. The number of pyridine rings is 3. The summed E-state index contributed by atoms with van der Waals surface area (Å²) in [5.74, 6) is 0.338. The van der Waals surface area contributed by atoms with E-state index in [1.165, 1.54) is 19.2 Å². The number of hydrogen-bond donors (Lipinski definition) is 3. The van der Waals surface area contributed by atoms with Crippen molar-refractivity contribution in [3.05, 3.63) is 66.9 Å². The molecule has 1 aromatic carbocycles. The van der Waals surface area contributed by atoms with E-state index < -0.39 is 5.82 Å². The molecule has 188 valence electrons. The molecule has 0 saturated heterocycles. The van der Waals surface area contributed by atoms with Crippen LogP contribution in [-0.2, 0) is 4.79 Å². The van der Waals surface area contributed by atoms with Crippen LogP contribution in [0.2, 0.25) is 0 Å². The minimum Gasteiger partial charge on any atom is -0.497 e. The lowest BCUT2D eigenvalue weighted by Crippen LogP contribution is -2.09. The van der Waals surface area contributed by atoms with Gasteiger partial charge in [-0.3, -0.25) is 19.9 Å². The summed E-state index contributed by atoms with van der Waals surface area (Å²) >= 11 is 0. The van der Waals surface area contributed by atoms with E-state index >= 15 is 0 Å². The number of nitrogens with zero attached hydrogens (tertiary/aromatic N) is 5. The summed E-state index contributed by atoms with van der Waals surface area (Å²) in [5.41, 5.74) is 6.16. The fraction of sp³-hybridized carbons (Fsp3) is 0.111. The molecule has 0 unspecified atom stereocenters. The standard InChI is InChI=1S/C27H21FN8O2/c1-3-22(37)31-17-9-15(12-29-13-17)19-4-5-21-25(32-19)26(36-35-21)27-33-20-6-7-30-23(24(20)34-27)14-8-16(28)11-18(10-14)38-2/h4-13H,3H2,1-2H3,(H,31,37)(H,33,34)(H,35,36). The third-order valence-corrected chi connectivity index (χ3v) is 6.05. The number of imidazole rings is 1. The Hall–Kier alpha value is -5.19. The van der Waals surface area contributed by atoms with Crippen LogP contribution in [-0.4, -0.2) is 48.1 Å². The maximum absolute atomic E-state index is 14.2. The number of halogens is 1. The number of ether oxygens (including phenoxy) is 1. The first kappa shape index (κ1) is 23.2. The van der Waals surface area contributed by atoms with Crippen molar-refractivity contribution in [3.63, 3.8) is 0 Å². The molecule has 0 fully saturated rings. The average Bonchev–Trinajstić information content (AvgIpc) is 3.56. The van der Waals surface area contributed by atoms with Gasteiger partial charge < -0.3 is 15.0 Å². The van der Waals surface area contributed by atoms with E-state index in [2.05, 4.69) is 30.5 Å². The fourth-order valence-corrected chi connectivity index (χ4v) is 4.20. The first-order chi connectivity index (χ1) is 18.5. The van der Waals surface area contributed by atoms with Crippen LogP contribution in [0.15, 0.2) is 61.1 Å². The summed E-state index contributed by atoms with van der Waals surface area (Å²) in [7, 11) is 1.48. The van der Waals surface area contributed by atoms with Gasteiger partial charge in [-0.05, 0) is 36.4 Å². The van der Waals surface area contributed by atoms with Gasteiger partial charge in [0, 0.05) is 36.0 Å². The second-order valence-electron chi connectivity index (χ2n) is 8.55. The number of aromatic nitrogens is 7. The second kappa shape index (κ2) is 9.36. The van der Waals surface area contributed by atoms with Gasteiger partial charge in [-0.15, -0.1) is 0 Å². The molecule has 10 nitrogen and oxygen atoms in total. The van der Waals surface area contributed by atoms with Crippen LogP contribution in [0, 0.1) is 5.82 Å². The molecule has 6 rings (SSSR count). The summed E-state index contributed by atoms with van der Waals surface area (Å²) in [4.78, 5) is 33.4. The molecule has 5 heterocycles. The molecule has 0 bridgehead atoms. The quantitative estimate of drug-likeness (QED) is 0.284. The molecule has 3 N–H and O–H groups in total. The number of amides is 1. The van der Waals surface area contributed by atoms with E-state index in [1.54, 1.807) is 37.6 Å². The molecule has 5 aromatic heterocycles. The Balaban J connectivity index is 1.43. The normalized spacial score (nSPS) is 11.2. The number of H-pyrrole nitrogens is 2. The molecule has 0 aliphatic rings. The lowest BCUT2D eigenvalue weighted by molar-refractivity contribution is -0.115. The van der Waals surface area contributed by atoms with Gasteiger partial charge in [-0.25, -0.2) is 14.4 Å². The van der Waals surface area contributed by atoms with E-state index in [1.807, 2.05) is 18.2 Å². The topological polar surface area (TPSA) is 134 Å². The van der Waals surface area contributed by atoms with Gasteiger partial charge in [0.2, 0.25) is 5.91 Å². The summed E-state index contributed by atoms with van der Waals surface area (Å²) in [6.45, 7) is 1.79. The minimum absolute atomic E-state index is 0.0973. The number of methoxy groups -OCH3 is 1. The first-order valence-electron chi connectivity index (χ1n) is 11.8. The second-order valence-corrected chi connectivity index (χ2v) is 8.55. The van der Waals surface area contributed by atoms with Gasteiger partial charge >= 0.3 is 0 Å². The van der Waals surface area contributed by atoms with Gasteiger partial charge in [0.1, 0.15) is 22.6 Å². The fourth-order valence-electron chi connectivity index (χ4n) is 4.20. The number of anilines is 1. The molecule has 6 aromatic rings. The third-order valence-electron chi connectivity index (χ3n) is 6.05. The lowest BCUT2D eigenvalue weighted by Gasteiger charge is -2.06. The van der Waals surface area contributed by atoms with E-state index in [0.29, 0.717) is 62.9 Å². The molecule has 0 radical (unpaired) electrons. The maximum Gasteiger partial charge on any atom is 0.224 e. The Labute approximate surface area is 215 Å². The van der Waals surface area contributed by atoms with Crippen LogP contribution < -0.4 is 10.1 Å². The predicted molar refractivity (Wildman–Crippen MR) is 141 cm³/mol. The third kappa shape index (κ3) is 4.19. The molecular formula is C27H21FN8O2. The highest BCUT2D eigenvalue weighted by atomic mass is 19.1. The SMILES string of the molecule is CCC(=O)Nc1cncc(-c2ccc3[nH]nc(-c4nc5c(-c6cc(F)cc(OC)c6)nccc5[nH]4)c3n2)c1. The molecule has 0 aliphatic carbocycles. The average molecular weight is 509 g/mol. The zero-order valence-electron chi connectivity index (χ0n) is 20.4. The van der Waals surface area contributed by atoms with Gasteiger partial charge in [-0.1, -0.05) is 6.92 Å². The highest BCUT2D eigenvalue weighted by molar-refractivity contribution is 5.95. The highest BCUT2D eigenvalue weighted by Gasteiger charge is 2.18. The Morgan fingerprint density at radius 1 is 1.00 bits per heavy atom. The van der Waals surface area contributed by atoms with Crippen molar-refractivity contribution in [1.29, 1.82) is 0 Å². The van der Waals surface area contributed by atoms with E-state index in [4.69, 9.17) is 14.7 Å². The van der Waals surface area contributed by atoms with E-state index in [0.717, 1.165) is 11.1 Å². The summed E-state index contributed by atoms with van der Waals surface area (Å²) in [5, 5.41) is 10.3. The predicted octanol–water partition coefficient (Wildman–Crippen LogP) is 5.12. The minimum atomic E-state index is -0.434. The lowest BCUT2D eigenvalue weighted by atomic mass is 10.1. The zero-order chi connectivity index (χ0) is 26.2. The van der Waals surface area contributed by atoms with Gasteiger partial charge in [0.25, 0.3) is 0 Å². The number of rotatable bonds is 6. The smallest absolute Gasteiger partial charge is 0.224 e. The van der Waals surface area contributed by atoms with Gasteiger partial charge in [0.15, 0.2) is 11.5 Å². The van der Waals surface area contributed by atoms with Crippen molar-refractivity contribution in [2.45, 2.75) is 13.3 Å². The van der Waals surface area contributed by atoms with Crippen molar-refractivity contribution in [2.24, 2.45) is 0 Å². The van der Waals surface area contributed by atoms with Crippen molar-refractivity contribution in [1.82, 2.24) is 35.1 Å². The van der Waals surface area contributed by atoms with Crippen LogP contribution in [0.25, 0.3) is 56.1 Å². The van der Waals surface area contributed by atoms with Gasteiger partial charge in [-0.2, -0.15) is 5.10 Å². The Morgan fingerprint density at radius 2 is 1.87 bits per heavy atom. The molecule has 0 aliphatic heterocycles. The number of nitrogens with one attached hydrogen (secondary N) is 3. The van der Waals surface area contributed by atoms with Gasteiger partial charge in [0.05, 0.1) is 41.4 Å². The molecular weight excluding hydrogens is 487 g/mol. The zero-order valence-corrected chi connectivity index (χ0v) is 20.4. The number of hydrogen-bond acceptors (Lipinski definition) is 7. The molecule has 1 amide bonds. The summed E-state index contributed by atoms with van der Waals surface area (Å²) in [6.07, 6.45) is 5.27. The Bertz CT molecular complexity index is 1830. The van der Waals surface area contributed by atoms with Crippen LogP contribution in [0.4, 0.5) is 10.1 Å². The molecule has 38 heavy (non-hydrogen) atoms. The number of carbonyl (C=O) groups excluding carboxylic acids is 1. The maximum atomic E-state index is 14.2. The number of benzene rings is 1. The van der Waals surface area contributed by atoms with Crippen molar-refractivity contribution >= 4 is 33.7 Å². The monoisotopic (exact) mass is 508 g/mol. The molecule has 11 heteroatoms. The first-order valence-corrected chi connectivity index (χ1v) is 11.8. The number of carbonyl (C=O) groups is 1. The van der Waals surface area contributed by atoms with E-state index in [9.17, 15) is 9.18 Å². The van der Waals surface area contributed by atoms with Crippen molar-refractivity contribution in [2.75, 3.05) is 12.4 Å². The molecule has 0 spiro atoms. The van der Waals surface area contributed by atoms with Crippen LogP contribution >= 0.6 is 0 Å². The molecule has 0 atom stereocenters. The van der Waals surface area contributed by atoms with Crippen LogP contribution in [0.3, 0.4) is 0 Å². The van der Waals surface area contributed by atoms with Crippen molar-refractivity contribution < 1.29 is 13.9 Å². The van der Waals surface area contributed by atoms with Crippen molar-refractivity contribution in [3.8, 4) is 39.8 Å². The largest absolute Gasteiger partial charge is 0.497 e. The molecule has 0 saturated carbocycles.